The van der Waals surface area contributed by atoms with Gasteiger partial charge >= 0.3 is 0 Å². The van der Waals surface area contributed by atoms with Crippen molar-refractivity contribution in [3.05, 3.63) is 29.8 Å². The van der Waals surface area contributed by atoms with E-state index in [-0.39, 0.29) is 11.9 Å². The second kappa shape index (κ2) is 8.74. The molecule has 0 bridgehead atoms. The lowest BCUT2D eigenvalue weighted by Gasteiger charge is -2.28. The molecule has 1 aromatic rings. The van der Waals surface area contributed by atoms with Crippen molar-refractivity contribution in [2.45, 2.75) is 51.1 Å². The van der Waals surface area contributed by atoms with E-state index in [4.69, 9.17) is 4.74 Å². The molecule has 1 unspecified atom stereocenters. The Morgan fingerprint density at radius 2 is 2.08 bits per heavy atom. The molecule has 1 aliphatic heterocycles. The molecule has 2 aliphatic rings. The summed E-state index contributed by atoms with van der Waals surface area (Å²) in [7, 11) is 0. The van der Waals surface area contributed by atoms with Gasteiger partial charge in [0, 0.05) is 37.5 Å². The number of hydrogen-bond acceptors (Lipinski definition) is 3. The lowest BCUT2D eigenvalue weighted by molar-refractivity contribution is -0.121. The minimum atomic E-state index is 0.147. The topological polar surface area (TPSA) is 74.8 Å². The summed E-state index contributed by atoms with van der Waals surface area (Å²) in [5, 5.41) is 9.80. The minimum Gasteiger partial charge on any atom is -0.493 e. The summed E-state index contributed by atoms with van der Waals surface area (Å²) >= 11 is 0. The first-order valence-electron chi connectivity index (χ1n) is 9.32. The molecule has 1 aliphatic carbocycles. The summed E-state index contributed by atoms with van der Waals surface area (Å²) in [5.41, 5.74) is 1.17. The molecule has 0 spiro atoms. The zero-order chi connectivity index (χ0) is 17.5. The van der Waals surface area contributed by atoms with E-state index in [0.717, 1.165) is 43.9 Å². The molecule has 0 aromatic heterocycles. The highest BCUT2D eigenvalue weighted by molar-refractivity contribution is 5.80. The third-order valence-corrected chi connectivity index (χ3v) is 4.39. The number of nitrogens with one attached hydrogen (secondary N) is 3. The number of benzene rings is 1. The van der Waals surface area contributed by atoms with E-state index in [2.05, 4.69) is 33.9 Å². The first-order chi connectivity index (χ1) is 12.3. The Morgan fingerprint density at radius 3 is 2.88 bits per heavy atom. The van der Waals surface area contributed by atoms with Gasteiger partial charge in [-0.15, -0.1) is 0 Å². The molecule has 1 saturated carbocycles. The van der Waals surface area contributed by atoms with Crippen molar-refractivity contribution in [1.82, 2.24) is 16.0 Å². The number of aliphatic imine (C=N–C) groups is 1. The van der Waals surface area contributed by atoms with E-state index < -0.39 is 0 Å². The van der Waals surface area contributed by atoms with E-state index in [9.17, 15) is 4.79 Å². The van der Waals surface area contributed by atoms with Crippen LogP contribution in [0.3, 0.4) is 0 Å². The van der Waals surface area contributed by atoms with Crippen LogP contribution in [0.2, 0.25) is 0 Å². The Hall–Kier alpha value is -2.24. The average molecular weight is 344 g/mol. The van der Waals surface area contributed by atoms with E-state index in [1.165, 1.54) is 5.56 Å². The van der Waals surface area contributed by atoms with Crippen LogP contribution in [-0.2, 0) is 4.79 Å². The highest BCUT2D eigenvalue weighted by Gasteiger charge is 2.23. The summed E-state index contributed by atoms with van der Waals surface area (Å²) in [6.07, 6.45) is 4.47. The molecular formula is C19H28N4O2. The zero-order valence-corrected chi connectivity index (χ0v) is 14.9. The van der Waals surface area contributed by atoms with Crippen molar-refractivity contribution in [3.63, 3.8) is 0 Å². The first-order valence-corrected chi connectivity index (χ1v) is 9.32. The molecule has 1 fully saturated rings. The molecular weight excluding hydrogens is 316 g/mol. The van der Waals surface area contributed by atoms with Crippen LogP contribution in [0.1, 0.15) is 50.6 Å². The molecule has 6 nitrogen and oxygen atoms in total. The van der Waals surface area contributed by atoms with Gasteiger partial charge in [-0.3, -0.25) is 9.79 Å². The zero-order valence-electron chi connectivity index (χ0n) is 14.9. The maximum Gasteiger partial charge on any atom is 0.220 e. The van der Waals surface area contributed by atoms with Crippen LogP contribution in [0.5, 0.6) is 5.75 Å². The number of para-hydroxylation sites is 1. The van der Waals surface area contributed by atoms with Crippen LogP contribution in [0.15, 0.2) is 29.3 Å². The van der Waals surface area contributed by atoms with Gasteiger partial charge in [-0.2, -0.15) is 0 Å². The summed E-state index contributed by atoms with van der Waals surface area (Å²) in [5.74, 6) is 1.89. The predicted molar refractivity (Wildman–Crippen MR) is 98.8 cm³/mol. The Bertz CT molecular complexity index is 613. The first kappa shape index (κ1) is 17.6. The predicted octanol–water partition coefficient (Wildman–Crippen LogP) is 2.12. The molecule has 3 N–H and O–H groups in total. The van der Waals surface area contributed by atoms with Crippen molar-refractivity contribution in [3.8, 4) is 5.75 Å². The number of rotatable bonds is 7. The molecule has 25 heavy (non-hydrogen) atoms. The number of amides is 1. The number of nitrogens with zero attached hydrogens (tertiary/aromatic N) is 1. The lowest BCUT2D eigenvalue weighted by atomic mass is 10.0. The summed E-state index contributed by atoms with van der Waals surface area (Å²) in [6.45, 7) is 4.20. The fourth-order valence-corrected chi connectivity index (χ4v) is 2.94. The van der Waals surface area contributed by atoms with Crippen LogP contribution < -0.4 is 20.7 Å². The van der Waals surface area contributed by atoms with Gasteiger partial charge in [-0.25, -0.2) is 0 Å². The molecule has 1 atom stereocenters. The Kier molecular flexibility index (Phi) is 6.14. The summed E-state index contributed by atoms with van der Waals surface area (Å²) < 4.78 is 5.71. The molecule has 0 radical (unpaired) electrons. The van der Waals surface area contributed by atoms with E-state index in [1.54, 1.807) is 0 Å². The van der Waals surface area contributed by atoms with E-state index in [0.29, 0.717) is 25.6 Å². The van der Waals surface area contributed by atoms with Crippen molar-refractivity contribution in [2.75, 3.05) is 19.7 Å². The van der Waals surface area contributed by atoms with Crippen LogP contribution in [-0.4, -0.2) is 37.6 Å². The van der Waals surface area contributed by atoms with Crippen LogP contribution in [0.4, 0.5) is 0 Å². The van der Waals surface area contributed by atoms with Crippen LogP contribution >= 0.6 is 0 Å². The molecule has 136 valence electrons. The van der Waals surface area contributed by atoms with Crippen LogP contribution in [0, 0.1) is 0 Å². The fraction of sp³-hybridized carbons (Fsp3) is 0.579. The van der Waals surface area contributed by atoms with Crippen molar-refractivity contribution < 1.29 is 9.53 Å². The standard InChI is InChI=1S/C19H28N4O2/c1-2-20-19(21-12-5-8-18(24)22-14-9-10-14)23-16-11-13-25-17-7-4-3-6-15(16)17/h3-4,6-7,14,16H,2,5,8-13H2,1H3,(H,22,24)(H2,20,21,23). The number of carbonyl (C=O) groups is 1. The van der Waals surface area contributed by atoms with Gasteiger partial charge in [-0.1, -0.05) is 18.2 Å². The normalized spacial score (nSPS) is 19.6. The molecule has 0 saturated heterocycles. The molecule has 6 heteroatoms. The third kappa shape index (κ3) is 5.37. The van der Waals surface area contributed by atoms with Gasteiger partial charge in [0.1, 0.15) is 5.75 Å². The molecule has 1 aromatic carbocycles. The number of fused-ring (bicyclic) bond motifs is 1. The van der Waals surface area contributed by atoms with Gasteiger partial charge < -0.3 is 20.7 Å². The maximum absolute atomic E-state index is 11.7. The molecule has 1 amide bonds. The second-order valence-corrected chi connectivity index (χ2v) is 6.58. The maximum atomic E-state index is 11.7. The van der Waals surface area contributed by atoms with Gasteiger partial charge in [0.2, 0.25) is 5.91 Å². The van der Waals surface area contributed by atoms with E-state index in [1.807, 2.05) is 18.2 Å². The van der Waals surface area contributed by atoms with Crippen molar-refractivity contribution in [1.29, 1.82) is 0 Å². The smallest absolute Gasteiger partial charge is 0.220 e. The van der Waals surface area contributed by atoms with Gasteiger partial charge in [0.25, 0.3) is 0 Å². The highest BCUT2D eigenvalue weighted by atomic mass is 16.5. The number of carbonyl (C=O) groups excluding carboxylic acids is 1. The SMILES string of the molecule is CCNC(=NCCCC(=O)NC1CC1)NC1CCOc2ccccc21. The van der Waals surface area contributed by atoms with E-state index >= 15 is 0 Å². The minimum absolute atomic E-state index is 0.147. The fourth-order valence-electron chi connectivity index (χ4n) is 2.94. The van der Waals surface area contributed by atoms with Crippen LogP contribution in [0.25, 0.3) is 0 Å². The van der Waals surface area contributed by atoms with Gasteiger partial charge in [0.15, 0.2) is 5.96 Å². The second-order valence-electron chi connectivity index (χ2n) is 6.58. The number of ether oxygens (including phenoxy) is 1. The lowest BCUT2D eigenvalue weighted by Crippen LogP contribution is -2.41. The largest absolute Gasteiger partial charge is 0.493 e. The monoisotopic (exact) mass is 344 g/mol. The van der Waals surface area contributed by atoms with Gasteiger partial charge in [-0.05, 0) is 32.3 Å². The number of hydrogen-bond donors (Lipinski definition) is 3. The quantitative estimate of drug-likeness (QED) is 0.402. The Labute approximate surface area is 149 Å². The van der Waals surface area contributed by atoms with Crippen molar-refractivity contribution in [2.24, 2.45) is 4.99 Å². The third-order valence-electron chi connectivity index (χ3n) is 4.39. The van der Waals surface area contributed by atoms with Crippen molar-refractivity contribution >= 4 is 11.9 Å². The molecule has 3 rings (SSSR count). The highest BCUT2D eigenvalue weighted by Crippen LogP contribution is 2.31. The average Bonchev–Trinajstić information content (AvgIpc) is 3.43. The molecule has 1 heterocycles. The van der Waals surface area contributed by atoms with Gasteiger partial charge in [0.05, 0.1) is 12.6 Å². The number of guanidine groups is 1. The Morgan fingerprint density at radius 1 is 1.24 bits per heavy atom. The Balaban J connectivity index is 1.51. The summed E-state index contributed by atoms with van der Waals surface area (Å²) in [6, 6.07) is 8.76. The summed E-state index contributed by atoms with van der Waals surface area (Å²) in [4.78, 5) is 16.3.